The molecule has 0 aliphatic heterocycles. The molecule has 0 atom stereocenters. The van der Waals surface area contributed by atoms with Gasteiger partial charge in [0.25, 0.3) is 6.29 Å². The maximum atomic E-state index is 11.1. The van der Waals surface area contributed by atoms with E-state index in [-0.39, 0.29) is 0 Å². The van der Waals surface area contributed by atoms with Crippen LogP contribution in [-0.4, -0.2) is 26.2 Å². The van der Waals surface area contributed by atoms with Gasteiger partial charge >= 0.3 is 11.9 Å². The topological polar surface area (TPSA) is 71.1 Å². The lowest BCUT2D eigenvalue weighted by Gasteiger charge is -2.19. The Hall–Kier alpha value is -2.24. The van der Waals surface area contributed by atoms with Crippen molar-refractivity contribution in [3.05, 3.63) is 23.8 Å². The van der Waals surface area contributed by atoms with Gasteiger partial charge in [0.15, 0.2) is 0 Å². The van der Waals surface area contributed by atoms with E-state index in [0.29, 0.717) is 17.1 Å². The van der Waals surface area contributed by atoms with Crippen molar-refractivity contribution >= 4 is 11.9 Å². The molecule has 6 nitrogen and oxygen atoms in total. The molecule has 0 aromatic heterocycles. The molecule has 6 heteroatoms. The molecule has 1 rings (SSSR count). The number of methoxy groups -OCH3 is 2. The van der Waals surface area contributed by atoms with Gasteiger partial charge in [-0.05, 0) is 18.2 Å². The number of ether oxygens (including phenoxy) is 4. The molecule has 0 aliphatic rings. The average molecular weight is 268 g/mol. The van der Waals surface area contributed by atoms with E-state index in [9.17, 15) is 9.59 Å². The molecule has 1 aromatic rings. The van der Waals surface area contributed by atoms with Crippen LogP contribution >= 0.6 is 0 Å². The number of hydrogen-bond acceptors (Lipinski definition) is 6. The molecule has 0 N–H and O–H groups in total. The Labute approximate surface area is 111 Å². The third-order valence-corrected chi connectivity index (χ3v) is 2.24. The summed E-state index contributed by atoms with van der Waals surface area (Å²) >= 11 is 0. The predicted molar refractivity (Wildman–Crippen MR) is 65.8 cm³/mol. The second kappa shape index (κ2) is 6.63. The van der Waals surface area contributed by atoms with Crippen molar-refractivity contribution in [3.8, 4) is 11.5 Å². The van der Waals surface area contributed by atoms with Crippen molar-refractivity contribution in [2.75, 3.05) is 14.2 Å². The third-order valence-electron chi connectivity index (χ3n) is 2.24. The fourth-order valence-corrected chi connectivity index (χ4v) is 1.48. The van der Waals surface area contributed by atoms with Crippen molar-refractivity contribution in [1.29, 1.82) is 0 Å². The minimum Gasteiger partial charge on any atom is -0.497 e. The molecule has 19 heavy (non-hydrogen) atoms. The third kappa shape index (κ3) is 4.17. The molecule has 0 amide bonds. The fourth-order valence-electron chi connectivity index (χ4n) is 1.48. The summed E-state index contributed by atoms with van der Waals surface area (Å²) < 4.78 is 20.2. The Balaban J connectivity index is 3.17. The van der Waals surface area contributed by atoms with Crippen molar-refractivity contribution in [3.63, 3.8) is 0 Å². The molecule has 104 valence electrons. The summed E-state index contributed by atoms with van der Waals surface area (Å²) in [6.07, 6.45) is -1.17. The summed E-state index contributed by atoms with van der Waals surface area (Å²) in [5.74, 6) is -0.194. The molecule has 0 bridgehead atoms. The average Bonchev–Trinajstić information content (AvgIpc) is 2.36. The highest BCUT2D eigenvalue weighted by Crippen LogP contribution is 2.32. The van der Waals surface area contributed by atoms with Gasteiger partial charge in [-0.3, -0.25) is 9.59 Å². The van der Waals surface area contributed by atoms with Gasteiger partial charge in [-0.25, -0.2) is 0 Å². The Morgan fingerprint density at radius 2 is 1.58 bits per heavy atom. The zero-order valence-electron chi connectivity index (χ0n) is 11.3. The predicted octanol–water partition coefficient (Wildman–Crippen LogP) is 1.83. The standard InChI is InChI=1S/C13H16O6/c1-8(14)18-13(19-9(2)15)11-7-10(16-3)5-6-12(11)17-4/h5-7,13H,1-4H3. The molecule has 0 heterocycles. The molecule has 0 spiro atoms. The Morgan fingerprint density at radius 3 is 2.00 bits per heavy atom. The number of benzene rings is 1. The molecule has 0 aliphatic carbocycles. The van der Waals surface area contributed by atoms with Gasteiger partial charge in [-0.15, -0.1) is 0 Å². The van der Waals surface area contributed by atoms with Gasteiger partial charge in [0, 0.05) is 13.8 Å². The smallest absolute Gasteiger partial charge is 0.305 e. The van der Waals surface area contributed by atoms with Crippen LogP contribution in [0.4, 0.5) is 0 Å². The van der Waals surface area contributed by atoms with E-state index in [4.69, 9.17) is 18.9 Å². The fraction of sp³-hybridized carbons (Fsp3) is 0.385. The van der Waals surface area contributed by atoms with Crippen LogP contribution in [-0.2, 0) is 19.1 Å². The van der Waals surface area contributed by atoms with Gasteiger partial charge in [0.1, 0.15) is 11.5 Å². The van der Waals surface area contributed by atoms with Crippen molar-refractivity contribution < 1.29 is 28.5 Å². The molecule has 0 saturated carbocycles. The first-order valence-electron chi connectivity index (χ1n) is 5.54. The van der Waals surface area contributed by atoms with Gasteiger partial charge in [-0.1, -0.05) is 0 Å². The number of hydrogen-bond donors (Lipinski definition) is 0. The van der Waals surface area contributed by atoms with Crippen molar-refractivity contribution in [2.45, 2.75) is 20.1 Å². The first kappa shape index (κ1) is 14.8. The van der Waals surface area contributed by atoms with Crippen LogP contribution in [0.2, 0.25) is 0 Å². The molecular weight excluding hydrogens is 252 g/mol. The largest absolute Gasteiger partial charge is 0.497 e. The van der Waals surface area contributed by atoms with Crippen LogP contribution in [0.5, 0.6) is 11.5 Å². The normalized spacial score (nSPS) is 9.95. The van der Waals surface area contributed by atoms with Crippen LogP contribution < -0.4 is 9.47 Å². The molecule has 0 unspecified atom stereocenters. The number of esters is 2. The second-order valence-electron chi connectivity index (χ2n) is 3.66. The van der Waals surface area contributed by atoms with Gasteiger partial charge in [0.2, 0.25) is 0 Å². The second-order valence-corrected chi connectivity index (χ2v) is 3.66. The lowest BCUT2D eigenvalue weighted by atomic mass is 10.1. The van der Waals surface area contributed by atoms with Crippen LogP contribution in [0, 0.1) is 0 Å². The number of rotatable bonds is 5. The first-order valence-corrected chi connectivity index (χ1v) is 5.54. The summed E-state index contributed by atoms with van der Waals surface area (Å²) in [5.41, 5.74) is 0.396. The van der Waals surface area contributed by atoms with Gasteiger partial charge in [-0.2, -0.15) is 0 Å². The molecule has 0 saturated heterocycles. The highest BCUT2D eigenvalue weighted by molar-refractivity contribution is 5.68. The highest BCUT2D eigenvalue weighted by Gasteiger charge is 2.23. The molecule has 0 fully saturated rings. The van der Waals surface area contributed by atoms with Gasteiger partial charge in [0.05, 0.1) is 19.8 Å². The van der Waals surface area contributed by atoms with Crippen LogP contribution in [0.3, 0.4) is 0 Å². The lowest BCUT2D eigenvalue weighted by Crippen LogP contribution is -2.16. The Morgan fingerprint density at radius 1 is 1.00 bits per heavy atom. The van der Waals surface area contributed by atoms with Crippen LogP contribution in [0.25, 0.3) is 0 Å². The molecule has 1 aromatic carbocycles. The first-order chi connectivity index (χ1) is 8.97. The van der Waals surface area contributed by atoms with Crippen LogP contribution in [0.15, 0.2) is 18.2 Å². The minimum absolute atomic E-state index is 0.396. The van der Waals surface area contributed by atoms with E-state index in [2.05, 4.69) is 0 Å². The van der Waals surface area contributed by atoms with E-state index in [1.165, 1.54) is 28.1 Å². The van der Waals surface area contributed by atoms with E-state index in [1.807, 2.05) is 0 Å². The quantitative estimate of drug-likeness (QED) is 0.599. The maximum Gasteiger partial charge on any atom is 0.305 e. The number of carbonyl (C=O) groups excluding carboxylic acids is 2. The zero-order chi connectivity index (χ0) is 14.4. The van der Waals surface area contributed by atoms with Crippen molar-refractivity contribution in [1.82, 2.24) is 0 Å². The lowest BCUT2D eigenvalue weighted by molar-refractivity contribution is -0.186. The summed E-state index contributed by atoms with van der Waals surface area (Å²) in [6, 6.07) is 4.89. The van der Waals surface area contributed by atoms with E-state index in [0.717, 1.165) is 0 Å². The SMILES string of the molecule is COc1ccc(OC)c(C(OC(C)=O)OC(C)=O)c1. The summed E-state index contributed by atoms with van der Waals surface area (Å²) in [7, 11) is 2.96. The highest BCUT2D eigenvalue weighted by atomic mass is 16.7. The maximum absolute atomic E-state index is 11.1. The Kier molecular flexibility index (Phi) is 5.17. The molecule has 0 radical (unpaired) electrons. The minimum atomic E-state index is -1.17. The summed E-state index contributed by atoms with van der Waals surface area (Å²) in [4.78, 5) is 22.2. The van der Waals surface area contributed by atoms with Crippen LogP contribution in [0.1, 0.15) is 25.7 Å². The van der Waals surface area contributed by atoms with E-state index >= 15 is 0 Å². The molecular formula is C13H16O6. The van der Waals surface area contributed by atoms with E-state index in [1.54, 1.807) is 18.2 Å². The number of carbonyl (C=O) groups is 2. The van der Waals surface area contributed by atoms with Crippen molar-refractivity contribution in [2.24, 2.45) is 0 Å². The monoisotopic (exact) mass is 268 g/mol. The summed E-state index contributed by atoms with van der Waals surface area (Å²) in [5, 5.41) is 0. The van der Waals surface area contributed by atoms with Gasteiger partial charge < -0.3 is 18.9 Å². The zero-order valence-corrected chi connectivity index (χ0v) is 11.3. The van der Waals surface area contributed by atoms with E-state index < -0.39 is 18.2 Å². The Bertz CT molecular complexity index is 452. The summed E-state index contributed by atoms with van der Waals surface area (Å²) in [6.45, 7) is 2.45.